The van der Waals surface area contributed by atoms with Gasteiger partial charge < -0.3 is 14.1 Å². The van der Waals surface area contributed by atoms with Crippen LogP contribution in [0.3, 0.4) is 0 Å². The van der Waals surface area contributed by atoms with E-state index in [9.17, 15) is 0 Å². The van der Waals surface area contributed by atoms with Crippen molar-refractivity contribution in [1.29, 1.82) is 0 Å². The van der Waals surface area contributed by atoms with E-state index in [0.29, 0.717) is 6.61 Å². The monoisotopic (exact) mass is 461 g/mol. The molecule has 0 fully saturated rings. The van der Waals surface area contributed by atoms with Gasteiger partial charge in [0.25, 0.3) is 0 Å². The fraction of sp³-hybridized carbons (Fsp3) is 0.310. The molecule has 3 nitrogen and oxygen atoms in total. The molecule has 4 heteroatoms. The summed E-state index contributed by atoms with van der Waals surface area (Å²) in [5.74, 6) is 2.68. The number of rotatable bonds is 7. The Kier molecular flexibility index (Phi) is 7.42. The number of nitrogens with zero attached hydrogens (tertiary/aromatic N) is 1. The molecule has 0 aliphatic heterocycles. The Labute approximate surface area is 202 Å². The van der Waals surface area contributed by atoms with Gasteiger partial charge in [0, 0.05) is 10.9 Å². The Balaban J connectivity index is 0.00000259. The highest BCUT2D eigenvalue weighted by Crippen LogP contribution is 2.31. The zero-order valence-corrected chi connectivity index (χ0v) is 20.2. The Morgan fingerprint density at radius 1 is 0.939 bits per heavy atom. The summed E-state index contributed by atoms with van der Waals surface area (Å²) in [5.41, 5.74) is 6.13. The first kappa shape index (κ1) is 23.4. The summed E-state index contributed by atoms with van der Waals surface area (Å²) < 4.78 is 12.1. The summed E-state index contributed by atoms with van der Waals surface area (Å²) in [6.45, 7) is 1.75. The van der Waals surface area contributed by atoms with Crippen molar-refractivity contribution in [2.45, 2.75) is 32.3 Å². The highest BCUT2D eigenvalue weighted by molar-refractivity contribution is 5.85. The van der Waals surface area contributed by atoms with Gasteiger partial charge in [0.15, 0.2) is 0 Å². The molecular weight excluding hydrogens is 430 g/mol. The summed E-state index contributed by atoms with van der Waals surface area (Å²) in [5, 5.41) is 1.13. The number of halogens is 1. The maximum atomic E-state index is 6.13. The minimum absolute atomic E-state index is 0. The summed E-state index contributed by atoms with van der Waals surface area (Å²) in [6.07, 6.45) is 4.94. The number of aryl methyl sites for hydroxylation is 1. The van der Waals surface area contributed by atoms with Gasteiger partial charge in [-0.1, -0.05) is 48.5 Å². The van der Waals surface area contributed by atoms with E-state index in [1.807, 2.05) is 18.2 Å². The van der Waals surface area contributed by atoms with Crippen LogP contribution in [-0.4, -0.2) is 25.5 Å². The molecule has 0 spiro atoms. The minimum Gasteiger partial charge on any atom is -0.489 e. The fourth-order valence-electron chi connectivity index (χ4n) is 4.64. The van der Waals surface area contributed by atoms with Gasteiger partial charge in [-0.15, -0.1) is 12.4 Å². The van der Waals surface area contributed by atoms with Gasteiger partial charge in [-0.05, 0) is 93.2 Å². The lowest BCUT2D eigenvalue weighted by Crippen LogP contribution is -2.21. The number of ether oxygens (including phenoxy) is 1. The van der Waals surface area contributed by atoms with E-state index < -0.39 is 0 Å². The Hall–Kier alpha value is -2.75. The molecule has 1 heterocycles. The molecule has 1 aliphatic carbocycles. The zero-order chi connectivity index (χ0) is 21.9. The van der Waals surface area contributed by atoms with Crippen molar-refractivity contribution >= 4 is 23.4 Å². The third-order valence-electron chi connectivity index (χ3n) is 6.56. The Bertz CT molecular complexity index is 1160. The van der Waals surface area contributed by atoms with Gasteiger partial charge in [0.1, 0.15) is 23.7 Å². The molecule has 172 valence electrons. The van der Waals surface area contributed by atoms with Crippen LogP contribution in [0.1, 0.15) is 29.5 Å². The van der Waals surface area contributed by atoms with Crippen molar-refractivity contribution < 1.29 is 9.15 Å². The lowest BCUT2D eigenvalue weighted by Gasteiger charge is -2.26. The number of benzene rings is 3. The SMILES string of the molecule is CN(C)CCC1CCc2cc(OCc3ccc(-c4cc5ccccc5o4)cc3)ccc2C1.Cl. The third kappa shape index (κ3) is 5.61. The van der Waals surface area contributed by atoms with Gasteiger partial charge >= 0.3 is 0 Å². The molecule has 3 aromatic carbocycles. The Morgan fingerprint density at radius 3 is 2.55 bits per heavy atom. The molecule has 0 saturated carbocycles. The van der Waals surface area contributed by atoms with E-state index in [2.05, 4.69) is 73.6 Å². The van der Waals surface area contributed by atoms with Crippen molar-refractivity contribution in [2.24, 2.45) is 5.92 Å². The van der Waals surface area contributed by atoms with Gasteiger partial charge in [-0.3, -0.25) is 0 Å². The summed E-state index contributed by atoms with van der Waals surface area (Å²) >= 11 is 0. The molecule has 33 heavy (non-hydrogen) atoms. The van der Waals surface area contributed by atoms with Crippen LogP contribution in [-0.2, 0) is 19.4 Å². The second-order valence-corrected chi connectivity index (χ2v) is 9.27. The molecular formula is C29H32ClNO2. The first-order valence-corrected chi connectivity index (χ1v) is 11.6. The number of para-hydroxylation sites is 1. The standard InChI is InChI=1S/C29H31NO2.ClH/c1-30(2)16-15-21-7-12-25-18-27(14-13-24(25)17-21)31-20-22-8-10-23(11-9-22)29-19-26-5-3-4-6-28(26)32-29;/h3-6,8-11,13-14,18-19,21H,7,12,15-17,20H2,1-2H3;1H. The van der Waals surface area contributed by atoms with Gasteiger partial charge in [-0.2, -0.15) is 0 Å². The lowest BCUT2D eigenvalue weighted by atomic mass is 9.82. The quantitative estimate of drug-likeness (QED) is 0.292. The first-order chi connectivity index (χ1) is 15.6. The average Bonchev–Trinajstić information content (AvgIpc) is 3.26. The second kappa shape index (κ2) is 10.5. The van der Waals surface area contributed by atoms with E-state index >= 15 is 0 Å². The van der Waals surface area contributed by atoms with E-state index in [4.69, 9.17) is 9.15 Å². The van der Waals surface area contributed by atoms with Crippen LogP contribution in [0, 0.1) is 5.92 Å². The topological polar surface area (TPSA) is 25.6 Å². The van der Waals surface area contributed by atoms with E-state index in [-0.39, 0.29) is 12.4 Å². The predicted octanol–water partition coefficient (Wildman–Crippen LogP) is 7.16. The summed E-state index contributed by atoms with van der Waals surface area (Å²) in [7, 11) is 4.32. The average molecular weight is 462 g/mol. The molecule has 5 rings (SSSR count). The summed E-state index contributed by atoms with van der Waals surface area (Å²) in [6, 6.07) is 25.3. The van der Waals surface area contributed by atoms with Gasteiger partial charge in [-0.25, -0.2) is 0 Å². The van der Waals surface area contributed by atoms with Gasteiger partial charge in [0.05, 0.1) is 0 Å². The van der Waals surface area contributed by atoms with Crippen LogP contribution in [0.5, 0.6) is 5.75 Å². The summed E-state index contributed by atoms with van der Waals surface area (Å²) in [4.78, 5) is 2.29. The molecule has 1 atom stereocenters. The molecule has 1 aliphatic rings. The lowest BCUT2D eigenvalue weighted by molar-refractivity contribution is 0.304. The van der Waals surface area contributed by atoms with Crippen molar-refractivity contribution in [3.63, 3.8) is 0 Å². The first-order valence-electron chi connectivity index (χ1n) is 11.6. The smallest absolute Gasteiger partial charge is 0.135 e. The van der Waals surface area contributed by atoms with Crippen molar-refractivity contribution in [2.75, 3.05) is 20.6 Å². The largest absolute Gasteiger partial charge is 0.489 e. The zero-order valence-electron chi connectivity index (χ0n) is 19.4. The molecule has 0 bridgehead atoms. The number of fused-ring (bicyclic) bond motifs is 2. The van der Waals surface area contributed by atoms with Crippen molar-refractivity contribution in [3.05, 3.63) is 89.5 Å². The molecule has 0 radical (unpaired) electrons. The van der Waals surface area contributed by atoms with Crippen LogP contribution in [0.25, 0.3) is 22.3 Å². The molecule has 1 aromatic heterocycles. The minimum atomic E-state index is 0. The number of hydrogen-bond donors (Lipinski definition) is 0. The second-order valence-electron chi connectivity index (χ2n) is 9.27. The Morgan fingerprint density at radius 2 is 1.76 bits per heavy atom. The maximum absolute atomic E-state index is 6.13. The van der Waals surface area contributed by atoms with Crippen LogP contribution < -0.4 is 4.74 Å². The highest BCUT2D eigenvalue weighted by Gasteiger charge is 2.19. The van der Waals surface area contributed by atoms with Gasteiger partial charge in [0.2, 0.25) is 0 Å². The number of furan rings is 1. The van der Waals surface area contributed by atoms with E-state index in [1.54, 1.807) is 0 Å². The molecule has 4 aromatic rings. The van der Waals surface area contributed by atoms with Crippen molar-refractivity contribution in [1.82, 2.24) is 4.90 Å². The van der Waals surface area contributed by atoms with E-state index in [1.165, 1.54) is 36.9 Å². The van der Waals surface area contributed by atoms with E-state index in [0.717, 1.165) is 45.9 Å². The molecule has 1 unspecified atom stereocenters. The fourth-order valence-corrected chi connectivity index (χ4v) is 4.64. The maximum Gasteiger partial charge on any atom is 0.135 e. The molecule has 0 N–H and O–H groups in total. The van der Waals surface area contributed by atoms with Crippen LogP contribution >= 0.6 is 12.4 Å². The number of hydrogen-bond acceptors (Lipinski definition) is 3. The predicted molar refractivity (Wildman–Crippen MR) is 138 cm³/mol. The van der Waals surface area contributed by atoms with Crippen LogP contribution in [0.15, 0.2) is 77.2 Å². The third-order valence-corrected chi connectivity index (χ3v) is 6.56. The normalized spacial score (nSPS) is 15.3. The highest BCUT2D eigenvalue weighted by atomic mass is 35.5. The molecule has 0 amide bonds. The molecule has 0 saturated heterocycles. The van der Waals surface area contributed by atoms with Crippen molar-refractivity contribution in [3.8, 4) is 17.1 Å². The van der Waals surface area contributed by atoms with Crippen LogP contribution in [0.4, 0.5) is 0 Å². The van der Waals surface area contributed by atoms with Crippen LogP contribution in [0.2, 0.25) is 0 Å².